The second-order valence-corrected chi connectivity index (χ2v) is 8.03. The molecule has 2 aliphatic rings. The van der Waals surface area contributed by atoms with Crippen molar-refractivity contribution in [2.45, 2.75) is 6.92 Å². The highest BCUT2D eigenvalue weighted by Crippen LogP contribution is 2.34. The quantitative estimate of drug-likeness (QED) is 0.457. The SMILES string of the molecule is Cc1ccccc1N1C(=O)/C(=C/c2ccc(N3CCOCC3)cc2)c2ccccc2C1=O. The second kappa shape index (κ2) is 8.44. The first-order valence-electron chi connectivity index (χ1n) is 10.8. The van der Waals surface area contributed by atoms with Gasteiger partial charge in [-0.05, 0) is 54.0 Å². The second-order valence-electron chi connectivity index (χ2n) is 8.03. The van der Waals surface area contributed by atoms with Gasteiger partial charge in [0.2, 0.25) is 0 Å². The number of fused-ring (bicyclic) bond motifs is 1. The predicted octanol–water partition coefficient (Wildman–Crippen LogP) is 4.56. The number of nitrogens with zero attached hydrogens (tertiary/aromatic N) is 2. The maximum absolute atomic E-state index is 13.6. The van der Waals surface area contributed by atoms with Crippen LogP contribution < -0.4 is 9.80 Å². The summed E-state index contributed by atoms with van der Waals surface area (Å²) in [5.41, 5.74) is 5.27. The molecule has 0 spiro atoms. The number of morpholine rings is 1. The number of hydrogen-bond acceptors (Lipinski definition) is 4. The van der Waals surface area contributed by atoms with Crippen LogP contribution in [0, 0.1) is 6.92 Å². The Hall–Kier alpha value is -3.70. The van der Waals surface area contributed by atoms with E-state index in [2.05, 4.69) is 17.0 Å². The van der Waals surface area contributed by atoms with Crippen molar-refractivity contribution in [1.29, 1.82) is 0 Å². The number of carbonyl (C=O) groups excluding carboxylic acids is 2. The summed E-state index contributed by atoms with van der Waals surface area (Å²) in [6.45, 7) is 5.13. The number of hydrogen-bond donors (Lipinski definition) is 0. The molecule has 0 aromatic heterocycles. The Labute approximate surface area is 187 Å². The number of anilines is 2. The first-order chi connectivity index (χ1) is 15.6. The van der Waals surface area contributed by atoms with Crippen LogP contribution in [0.4, 0.5) is 11.4 Å². The summed E-state index contributed by atoms with van der Waals surface area (Å²) in [6.07, 6.45) is 1.88. The molecule has 0 atom stereocenters. The van der Waals surface area contributed by atoms with Crippen molar-refractivity contribution in [2.24, 2.45) is 0 Å². The highest BCUT2D eigenvalue weighted by atomic mass is 16.5. The third-order valence-electron chi connectivity index (χ3n) is 6.02. The van der Waals surface area contributed by atoms with Crippen LogP contribution in [0.3, 0.4) is 0 Å². The van der Waals surface area contributed by atoms with Crippen LogP contribution in [0.1, 0.15) is 27.0 Å². The van der Waals surface area contributed by atoms with Gasteiger partial charge in [0.25, 0.3) is 11.8 Å². The highest BCUT2D eigenvalue weighted by Gasteiger charge is 2.36. The van der Waals surface area contributed by atoms with E-state index in [4.69, 9.17) is 4.74 Å². The normalized spacial score (nSPS) is 17.6. The molecule has 0 bridgehead atoms. The Morgan fingerprint density at radius 3 is 2.16 bits per heavy atom. The molecular formula is C27H24N2O3. The standard InChI is InChI=1S/C27H24N2O3/c1-19-6-2-5-9-25(19)29-26(30)23-8-4-3-7-22(23)24(27(29)31)18-20-10-12-21(13-11-20)28-14-16-32-17-15-28/h2-13,18H,14-17H2,1H3/b24-18+. The number of aryl methyl sites for hydroxylation is 1. The Morgan fingerprint density at radius 1 is 0.781 bits per heavy atom. The molecule has 5 nitrogen and oxygen atoms in total. The van der Waals surface area contributed by atoms with Crippen molar-refractivity contribution in [3.05, 3.63) is 95.1 Å². The van der Waals surface area contributed by atoms with Gasteiger partial charge >= 0.3 is 0 Å². The molecule has 3 aromatic carbocycles. The van der Waals surface area contributed by atoms with Crippen LogP contribution in [-0.2, 0) is 9.53 Å². The lowest BCUT2D eigenvalue weighted by Gasteiger charge is -2.30. The highest BCUT2D eigenvalue weighted by molar-refractivity contribution is 6.43. The summed E-state index contributed by atoms with van der Waals surface area (Å²) < 4.78 is 5.43. The van der Waals surface area contributed by atoms with Crippen molar-refractivity contribution in [1.82, 2.24) is 0 Å². The summed E-state index contributed by atoms with van der Waals surface area (Å²) >= 11 is 0. The number of ether oxygens (including phenoxy) is 1. The number of rotatable bonds is 3. The van der Waals surface area contributed by atoms with E-state index in [9.17, 15) is 9.59 Å². The molecule has 5 heteroatoms. The molecular weight excluding hydrogens is 400 g/mol. The Morgan fingerprint density at radius 2 is 1.44 bits per heavy atom. The first kappa shape index (κ1) is 20.2. The summed E-state index contributed by atoms with van der Waals surface area (Å²) in [7, 11) is 0. The molecule has 1 fully saturated rings. The van der Waals surface area contributed by atoms with Crippen LogP contribution >= 0.6 is 0 Å². The molecule has 1 saturated heterocycles. The fourth-order valence-corrected chi connectivity index (χ4v) is 4.29. The number of carbonyl (C=O) groups is 2. The van der Waals surface area contributed by atoms with Gasteiger partial charge in [-0.1, -0.05) is 48.5 Å². The van der Waals surface area contributed by atoms with Gasteiger partial charge in [-0.25, -0.2) is 4.90 Å². The van der Waals surface area contributed by atoms with E-state index in [0.717, 1.165) is 43.1 Å². The first-order valence-corrected chi connectivity index (χ1v) is 10.8. The van der Waals surface area contributed by atoms with Gasteiger partial charge in [0.05, 0.1) is 18.9 Å². The molecule has 5 rings (SSSR count). The van der Waals surface area contributed by atoms with E-state index in [1.54, 1.807) is 6.07 Å². The predicted molar refractivity (Wildman–Crippen MR) is 127 cm³/mol. The summed E-state index contributed by atoms with van der Waals surface area (Å²) in [4.78, 5) is 30.4. The van der Waals surface area contributed by atoms with Crippen LogP contribution in [0.25, 0.3) is 11.6 Å². The van der Waals surface area contributed by atoms with Gasteiger partial charge in [-0.2, -0.15) is 0 Å². The smallest absolute Gasteiger partial charge is 0.265 e. The van der Waals surface area contributed by atoms with Crippen LogP contribution in [-0.4, -0.2) is 38.1 Å². The average Bonchev–Trinajstić information content (AvgIpc) is 2.84. The van der Waals surface area contributed by atoms with Crippen molar-refractivity contribution < 1.29 is 14.3 Å². The lowest BCUT2D eigenvalue weighted by molar-refractivity contribution is -0.112. The van der Waals surface area contributed by atoms with E-state index in [-0.39, 0.29) is 11.8 Å². The average molecular weight is 425 g/mol. The van der Waals surface area contributed by atoms with Gasteiger partial charge in [0.1, 0.15) is 0 Å². The summed E-state index contributed by atoms with van der Waals surface area (Å²) in [6, 6.07) is 23.0. The van der Waals surface area contributed by atoms with E-state index in [0.29, 0.717) is 22.4 Å². The molecule has 0 radical (unpaired) electrons. The fourth-order valence-electron chi connectivity index (χ4n) is 4.29. The topological polar surface area (TPSA) is 49.9 Å². The minimum atomic E-state index is -0.305. The third kappa shape index (κ3) is 3.61. The van der Waals surface area contributed by atoms with Gasteiger partial charge in [-0.3, -0.25) is 9.59 Å². The van der Waals surface area contributed by atoms with Crippen LogP contribution in [0.2, 0.25) is 0 Å². The molecule has 160 valence electrons. The van der Waals surface area contributed by atoms with E-state index < -0.39 is 0 Å². The number of imide groups is 1. The van der Waals surface area contributed by atoms with Crippen molar-refractivity contribution >= 4 is 34.8 Å². The molecule has 0 N–H and O–H groups in total. The number of amides is 2. The zero-order valence-corrected chi connectivity index (χ0v) is 18.0. The lowest BCUT2D eigenvalue weighted by atomic mass is 9.91. The van der Waals surface area contributed by atoms with E-state index >= 15 is 0 Å². The molecule has 3 aromatic rings. The van der Waals surface area contributed by atoms with Crippen LogP contribution in [0.15, 0.2) is 72.8 Å². The Kier molecular flexibility index (Phi) is 5.33. The molecule has 0 saturated carbocycles. The van der Waals surface area contributed by atoms with Gasteiger partial charge < -0.3 is 9.64 Å². The largest absolute Gasteiger partial charge is 0.378 e. The third-order valence-corrected chi connectivity index (χ3v) is 6.02. The van der Waals surface area contributed by atoms with Crippen molar-refractivity contribution in [3.8, 4) is 0 Å². The van der Waals surface area contributed by atoms with Gasteiger partial charge in [0.15, 0.2) is 0 Å². The lowest BCUT2D eigenvalue weighted by Crippen LogP contribution is -2.42. The van der Waals surface area contributed by atoms with Gasteiger partial charge in [-0.15, -0.1) is 0 Å². The van der Waals surface area contributed by atoms with Crippen LogP contribution in [0.5, 0.6) is 0 Å². The maximum Gasteiger partial charge on any atom is 0.265 e. The monoisotopic (exact) mass is 424 g/mol. The molecule has 0 aliphatic carbocycles. The molecule has 32 heavy (non-hydrogen) atoms. The zero-order chi connectivity index (χ0) is 22.1. The maximum atomic E-state index is 13.6. The molecule has 2 aliphatic heterocycles. The summed E-state index contributed by atoms with van der Waals surface area (Å²) in [5.74, 6) is -0.597. The zero-order valence-electron chi connectivity index (χ0n) is 18.0. The summed E-state index contributed by atoms with van der Waals surface area (Å²) in [5, 5.41) is 0. The van der Waals surface area contributed by atoms with E-state index in [1.165, 1.54) is 4.90 Å². The van der Waals surface area contributed by atoms with Crippen molar-refractivity contribution in [3.63, 3.8) is 0 Å². The fraction of sp³-hybridized carbons (Fsp3) is 0.185. The molecule has 2 amide bonds. The van der Waals surface area contributed by atoms with E-state index in [1.807, 2.05) is 67.6 Å². The molecule has 2 heterocycles. The van der Waals surface area contributed by atoms with Crippen molar-refractivity contribution in [2.75, 3.05) is 36.1 Å². The minimum absolute atomic E-state index is 0.292. The molecule has 0 unspecified atom stereocenters. The number of para-hydroxylation sites is 1. The Balaban J connectivity index is 1.55. The Bertz CT molecular complexity index is 1210. The minimum Gasteiger partial charge on any atom is -0.378 e. The van der Waals surface area contributed by atoms with Gasteiger partial charge in [0, 0.05) is 29.9 Å². The number of benzene rings is 3.